The highest BCUT2D eigenvalue weighted by Crippen LogP contribution is 2.72. The number of nitrogens with one attached hydrogen (secondary N) is 2. The SMILES string of the molecule is CC(F)(C(F)(C(F)(F)F)C(F)(F)C(=O)N1CCC(c2[nH+]c(C(=O)Nc3ccccc3-c3ccccc3)cs2)CC1)C(C(F)(F)F)(C(F)(F)F)C(F)(F)F. The zero-order valence-corrected chi connectivity index (χ0v) is 27.2. The van der Waals surface area contributed by atoms with Crippen molar-refractivity contribution in [3.63, 3.8) is 0 Å². The van der Waals surface area contributed by atoms with Crippen molar-refractivity contribution in [2.75, 3.05) is 18.4 Å². The minimum Gasteiger partial charge on any atom is -0.337 e. The van der Waals surface area contributed by atoms with E-state index in [0.717, 1.165) is 16.9 Å². The van der Waals surface area contributed by atoms with Gasteiger partial charge in [-0.25, -0.2) is 8.78 Å². The standard InChI is InChI=1S/C31H23F16N3O2S/c1-24(32,26(28(36,37)38,29(39,40)41)30(42,43)44)27(35,31(45,46)47)25(33,34)23(52)50-13-11-17(12-14-50)22-49-20(15-53-22)21(51)48-19-10-6-5-9-18(19)16-7-3-2-4-8-16/h2-10,15,17H,11-14H2,1H3,(H,48,51)/p+1. The van der Waals surface area contributed by atoms with Crippen molar-refractivity contribution in [3.05, 3.63) is 70.7 Å². The summed E-state index contributed by atoms with van der Waals surface area (Å²) < 4.78 is 226. The van der Waals surface area contributed by atoms with Crippen LogP contribution in [0.15, 0.2) is 60.0 Å². The van der Waals surface area contributed by atoms with Crippen LogP contribution in [0.25, 0.3) is 11.1 Å². The molecule has 0 radical (unpaired) electrons. The van der Waals surface area contributed by atoms with Crippen LogP contribution in [0.5, 0.6) is 0 Å². The molecule has 53 heavy (non-hydrogen) atoms. The second kappa shape index (κ2) is 13.6. The van der Waals surface area contributed by atoms with Gasteiger partial charge in [0.25, 0.3) is 17.0 Å². The maximum absolute atomic E-state index is 15.6. The van der Waals surface area contributed by atoms with E-state index in [2.05, 4.69) is 10.3 Å². The largest absolute Gasteiger partial charge is 0.432 e. The van der Waals surface area contributed by atoms with Gasteiger partial charge in [-0.1, -0.05) is 59.9 Å². The van der Waals surface area contributed by atoms with Crippen LogP contribution in [0.3, 0.4) is 0 Å². The molecule has 1 aromatic heterocycles. The number of anilines is 1. The van der Waals surface area contributed by atoms with Gasteiger partial charge in [-0.05, 0) is 31.4 Å². The third kappa shape index (κ3) is 6.68. The predicted molar refractivity (Wildman–Crippen MR) is 154 cm³/mol. The summed E-state index contributed by atoms with van der Waals surface area (Å²) in [5, 5.41) is 4.23. The first-order valence-electron chi connectivity index (χ1n) is 14.9. The van der Waals surface area contributed by atoms with Crippen LogP contribution in [-0.2, 0) is 4.79 Å². The van der Waals surface area contributed by atoms with E-state index in [4.69, 9.17) is 0 Å². The third-order valence-corrected chi connectivity index (χ3v) is 9.98. The summed E-state index contributed by atoms with van der Waals surface area (Å²) in [6, 6.07) is 15.5. The number of alkyl halides is 16. The summed E-state index contributed by atoms with van der Waals surface area (Å²) in [6.07, 6.45) is -33.8. The molecule has 1 fully saturated rings. The minimum atomic E-state index is -8.41. The van der Waals surface area contributed by atoms with Gasteiger partial charge in [0, 0.05) is 24.3 Å². The molecule has 4 rings (SSSR count). The number of hydrogen-bond acceptors (Lipinski definition) is 3. The van der Waals surface area contributed by atoms with Crippen LogP contribution in [0.2, 0.25) is 0 Å². The molecule has 2 atom stereocenters. The fourth-order valence-corrected chi connectivity index (χ4v) is 7.25. The first-order chi connectivity index (χ1) is 24.1. The Morgan fingerprint density at radius 2 is 1.21 bits per heavy atom. The molecule has 0 bridgehead atoms. The van der Waals surface area contributed by atoms with Crippen LogP contribution in [0, 0.1) is 5.41 Å². The van der Waals surface area contributed by atoms with Crippen molar-refractivity contribution < 1.29 is 84.8 Å². The van der Waals surface area contributed by atoms with Crippen molar-refractivity contribution >= 4 is 28.8 Å². The third-order valence-electron chi connectivity index (χ3n) is 8.94. The van der Waals surface area contributed by atoms with Gasteiger partial charge in [-0.15, -0.1) is 0 Å². The monoisotopic (exact) mass is 806 g/mol. The summed E-state index contributed by atoms with van der Waals surface area (Å²) in [5.74, 6) is -12.3. The molecule has 5 nitrogen and oxygen atoms in total. The number of hydrogen-bond donors (Lipinski definition) is 1. The number of benzene rings is 2. The molecule has 2 N–H and O–H groups in total. The van der Waals surface area contributed by atoms with E-state index in [1.165, 1.54) is 5.38 Å². The number of rotatable bonds is 8. The highest BCUT2D eigenvalue weighted by molar-refractivity contribution is 7.09. The summed E-state index contributed by atoms with van der Waals surface area (Å²) in [4.78, 5) is 28.0. The molecule has 1 aliphatic rings. The number of piperidine rings is 1. The molecular weight excluding hydrogens is 782 g/mol. The molecule has 22 heteroatoms. The molecule has 1 aliphatic heterocycles. The lowest BCUT2D eigenvalue weighted by Gasteiger charge is -2.52. The predicted octanol–water partition coefficient (Wildman–Crippen LogP) is 9.49. The highest BCUT2D eigenvalue weighted by atomic mass is 32.1. The number of aromatic nitrogens is 1. The molecule has 0 saturated carbocycles. The lowest BCUT2D eigenvalue weighted by atomic mass is 9.62. The Morgan fingerprint density at radius 3 is 1.70 bits per heavy atom. The lowest BCUT2D eigenvalue weighted by molar-refractivity contribution is -0.485. The van der Waals surface area contributed by atoms with Gasteiger partial charge < -0.3 is 10.2 Å². The van der Waals surface area contributed by atoms with E-state index in [0.29, 0.717) is 11.3 Å². The number of halogens is 16. The molecule has 0 aliphatic carbocycles. The zero-order valence-electron chi connectivity index (χ0n) is 26.4. The number of amides is 2. The summed E-state index contributed by atoms with van der Waals surface area (Å²) >= 11 is 0.885. The summed E-state index contributed by atoms with van der Waals surface area (Å²) in [5.41, 5.74) is -22.4. The minimum absolute atomic E-state index is 0.0463. The molecule has 292 valence electrons. The van der Waals surface area contributed by atoms with Crippen molar-refractivity contribution in [3.8, 4) is 11.1 Å². The smallest absolute Gasteiger partial charge is 0.337 e. The van der Waals surface area contributed by atoms with E-state index in [9.17, 15) is 62.3 Å². The maximum Gasteiger partial charge on any atom is 0.432 e. The topological polar surface area (TPSA) is 63.6 Å². The number of carbonyl (C=O) groups is 2. The lowest BCUT2D eigenvalue weighted by Crippen LogP contribution is -2.81. The van der Waals surface area contributed by atoms with Gasteiger partial charge in [0.15, 0.2) is 5.67 Å². The van der Waals surface area contributed by atoms with Gasteiger partial charge in [0.2, 0.25) is 5.01 Å². The van der Waals surface area contributed by atoms with Gasteiger partial charge in [-0.3, -0.25) is 9.59 Å². The Bertz CT molecular complexity index is 1760. The van der Waals surface area contributed by atoms with E-state index < -0.39 is 98.0 Å². The van der Waals surface area contributed by atoms with Crippen LogP contribution in [0.1, 0.15) is 41.2 Å². The number of H-pyrrole nitrogens is 1. The Balaban J connectivity index is 1.58. The Morgan fingerprint density at radius 1 is 0.717 bits per heavy atom. The molecule has 1 saturated heterocycles. The molecule has 2 aromatic carbocycles. The number of para-hydroxylation sites is 1. The number of likely N-dealkylation sites (tertiary alicyclic amines) is 1. The molecule has 2 amide bonds. The highest BCUT2D eigenvalue weighted by Gasteiger charge is 3.00. The van der Waals surface area contributed by atoms with Gasteiger partial charge in [0.05, 0.1) is 11.3 Å². The summed E-state index contributed by atoms with van der Waals surface area (Å²) in [6.45, 7) is -4.11. The van der Waals surface area contributed by atoms with Crippen LogP contribution >= 0.6 is 11.3 Å². The normalized spacial score (nSPS) is 17.9. The average molecular weight is 807 g/mol. The fraction of sp³-hybridized carbons (Fsp3) is 0.452. The van der Waals surface area contributed by atoms with Crippen LogP contribution < -0.4 is 10.3 Å². The molecule has 3 aromatic rings. The first-order valence-corrected chi connectivity index (χ1v) is 15.7. The molecule has 2 heterocycles. The van der Waals surface area contributed by atoms with E-state index >= 15 is 17.6 Å². The number of thiazole rings is 1. The van der Waals surface area contributed by atoms with Crippen LogP contribution in [0.4, 0.5) is 75.9 Å². The van der Waals surface area contributed by atoms with Gasteiger partial charge in [-0.2, -0.15) is 66.4 Å². The quantitative estimate of drug-likeness (QED) is 0.231. The second-order valence-electron chi connectivity index (χ2n) is 12.0. The van der Waals surface area contributed by atoms with Crippen molar-refractivity contribution in [2.45, 2.75) is 67.6 Å². The Labute approximate surface area is 292 Å². The fourth-order valence-electron chi connectivity index (χ4n) is 6.24. The van der Waals surface area contributed by atoms with E-state index in [-0.39, 0.29) is 15.6 Å². The Kier molecular flexibility index (Phi) is 10.7. The van der Waals surface area contributed by atoms with Gasteiger partial charge in [0.1, 0.15) is 0 Å². The van der Waals surface area contributed by atoms with Crippen molar-refractivity contribution in [2.24, 2.45) is 5.41 Å². The molecular formula is C31H24F16N3O2S+. The maximum atomic E-state index is 15.6. The Hall–Kier alpha value is -4.11. The number of aromatic amines is 1. The average Bonchev–Trinajstić information content (AvgIpc) is 3.53. The molecule has 2 unspecified atom stereocenters. The van der Waals surface area contributed by atoms with E-state index in [1.54, 1.807) is 54.6 Å². The van der Waals surface area contributed by atoms with Crippen molar-refractivity contribution in [1.82, 2.24) is 4.90 Å². The number of nitrogens with zero attached hydrogens (tertiary/aromatic N) is 1. The van der Waals surface area contributed by atoms with Crippen molar-refractivity contribution in [1.29, 1.82) is 0 Å². The van der Waals surface area contributed by atoms with Crippen LogP contribution in [-0.4, -0.2) is 71.8 Å². The number of carbonyl (C=O) groups excluding carboxylic acids is 2. The zero-order chi connectivity index (χ0) is 40.2. The molecule has 0 spiro atoms. The van der Waals surface area contributed by atoms with Gasteiger partial charge >= 0.3 is 42.2 Å². The second-order valence-corrected chi connectivity index (χ2v) is 13.0. The first kappa shape index (κ1) is 41.6. The van der Waals surface area contributed by atoms with E-state index in [1.807, 2.05) is 0 Å². The summed E-state index contributed by atoms with van der Waals surface area (Å²) in [7, 11) is 0.